The fourth-order valence-electron chi connectivity index (χ4n) is 3.44. The van der Waals surface area contributed by atoms with E-state index in [9.17, 15) is 0 Å². The van der Waals surface area contributed by atoms with Gasteiger partial charge in [-0.25, -0.2) is 0 Å². The van der Waals surface area contributed by atoms with Gasteiger partial charge in [0, 0.05) is 16.0 Å². The van der Waals surface area contributed by atoms with E-state index in [1.54, 1.807) is 11.8 Å². The molecule has 1 unspecified atom stereocenters. The molecule has 0 bridgehead atoms. The van der Waals surface area contributed by atoms with Crippen molar-refractivity contribution in [1.29, 1.82) is 0 Å². The molecule has 2 aliphatic heterocycles. The highest BCUT2D eigenvalue weighted by atomic mass is 32.2. The van der Waals surface area contributed by atoms with Crippen LogP contribution in [0.3, 0.4) is 0 Å². The third-order valence-electron chi connectivity index (χ3n) is 4.50. The largest absolute Gasteiger partial charge is 0.471 e. The summed E-state index contributed by atoms with van der Waals surface area (Å²) in [4.78, 5) is 0.979. The predicted molar refractivity (Wildman–Crippen MR) is 93.2 cm³/mol. The lowest BCUT2D eigenvalue weighted by Crippen LogP contribution is -2.29. The second-order valence-electron chi connectivity index (χ2n) is 5.90. The van der Waals surface area contributed by atoms with Gasteiger partial charge in [-0.3, -0.25) is 0 Å². The Balaban J connectivity index is 1.83. The molecule has 22 heavy (non-hydrogen) atoms. The molecule has 0 spiro atoms. The molecule has 3 aromatic rings. The first-order chi connectivity index (χ1) is 10.7. The molecule has 0 aliphatic carbocycles. The summed E-state index contributed by atoms with van der Waals surface area (Å²) in [6.07, 6.45) is 2.32. The molecule has 106 valence electrons. The second kappa shape index (κ2) is 4.17. The average Bonchev–Trinajstić information content (AvgIpc) is 2.84. The van der Waals surface area contributed by atoms with Gasteiger partial charge < -0.3 is 4.74 Å². The van der Waals surface area contributed by atoms with Crippen molar-refractivity contribution < 1.29 is 4.74 Å². The first-order valence-corrected chi connectivity index (χ1v) is 8.28. The summed E-state index contributed by atoms with van der Waals surface area (Å²) in [6.45, 7) is 2.17. The molecule has 2 aliphatic rings. The van der Waals surface area contributed by atoms with E-state index >= 15 is 0 Å². The van der Waals surface area contributed by atoms with E-state index in [-0.39, 0.29) is 4.93 Å². The SMILES string of the molecule is CC12Oc3ccc4ccccc4c3C=C1c1ccccc1S2. The van der Waals surface area contributed by atoms with Crippen molar-refractivity contribution in [2.45, 2.75) is 16.8 Å². The van der Waals surface area contributed by atoms with Gasteiger partial charge in [0.2, 0.25) is 0 Å². The molecule has 0 saturated heterocycles. The molecule has 0 saturated carbocycles. The molecule has 1 nitrogen and oxygen atoms in total. The Morgan fingerprint density at radius 2 is 1.73 bits per heavy atom. The smallest absolute Gasteiger partial charge is 0.182 e. The van der Waals surface area contributed by atoms with Gasteiger partial charge in [0.15, 0.2) is 4.93 Å². The van der Waals surface area contributed by atoms with Crippen LogP contribution < -0.4 is 4.74 Å². The van der Waals surface area contributed by atoms with Gasteiger partial charge in [0.25, 0.3) is 0 Å². The van der Waals surface area contributed by atoms with Crippen LogP contribution in [0.5, 0.6) is 5.75 Å². The van der Waals surface area contributed by atoms with E-state index in [4.69, 9.17) is 4.74 Å². The summed E-state index contributed by atoms with van der Waals surface area (Å²) >= 11 is 1.80. The highest BCUT2D eigenvalue weighted by molar-refractivity contribution is 8.01. The maximum atomic E-state index is 6.43. The van der Waals surface area contributed by atoms with E-state index in [1.807, 2.05) is 0 Å². The van der Waals surface area contributed by atoms with Crippen LogP contribution in [0.25, 0.3) is 22.4 Å². The first-order valence-electron chi connectivity index (χ1n) is 7.46. The van der Waals surface area contributed by atoms with Gasteiger partial charge in [-0.1, -0.05) is 60.3 Å². The predicted octanol–water partition coefficient (Wildman–Crippen LogP) is 5.59. The van der Waals surface area contributed by atoms with Gasteiger partial charge in [-0.15, -0.1) is 0 Å². The topological polar surface area (TPSA) is 9.23 Å². The number of benzene rings is 3. The Morgan fingerprint density at radius 1 is 0.909 bits per heavy atom. The standard InChI is InChI=1S/C20H14OS/c1-20-17(15-8-4-5-9-19(15)22-20)12-16-14-7-3-2-6-13(14)10-11-18(16)21-20/h2-12H,1H3. The fraction of sp³-hybridized carbons (Fsp3) is 0.100. The fourth-order valence-corrected chi connectivity index (χ4v) is 4.70. The number of fused-ring (bicyclic) bond motifs is 6. The van der Waals surface area contributed by atoms with E-state index in [2.05, 4.69) is 73.7 Å². The molecule has 0 N–H and O–H groups in total. The zero-order valence-electron chi connectivity index (χ0n) is 12.2. The molecule has 0 fully saturated rings. The quantitative estimate of drug-likeness (QED) is 0.535. The minimum absolute atomic E-state index is 0.320. The lowest BCUT2D eigenvalue weighted by molar-refractivity contribution is 0.245. The van der Waals surface area contributed by atoms with Crippen molar-refractivity contribution in [2.75, 3.05) is 0 Å². The summed E-state index contributed by atoms with van der Waals surface area (Å²) in [5, 5.41) is 2.51. The van der Waals surface area contributed by atoms with Gasteiger partial charge in [0.05, 0.1) is 0 Å². The first kappa shape index (κ1) is 12.4. The van der Waals surface area contributed by atoms with Crippen LogP contribution in [-0.4, -0.2) is 4.93 Å². The number of rotatable bonds is 0. The van der Waals surface area contributed by atoms with Crippen molar-refractivity contribution in [3.8, 4) is 5.75 Å². The molecular formula is C20H14OS. The van der Waals surface area contributed by atoms with Crippen LogP contribution in [0.2, 0.25) is 0 Å². The van der Waals surface area contributed by atoms with E-state index < -0.39 is 0 Å². The van der Waals surface area contributed by atoms with Crippen LogP contribution in [0.1, 0.15) is 18.1 Å². The van der Waals surface area contributed by atoms with Gasteiger partial charge in [-0.2, -0.15) is 0 Å². The number of hydrogen-bond acceptors (Lipinski definition) is 2. The Bertz CT molecular complexity index is 957. The lowest BCUT2D eigenvalue weighted by Gasteiger charge is -2.32. The Hall–Kier alpha value is -2.19. The highest BCUT2D eigenvalue weighted by Crippen LogP contribution is 2.57. The molecule has 3 aromatic carbocycles. The normalized spacial score (nSPS) is 21.6. The third kappa shape index (κ3) is 1.56. The highest BCUT2D eigenvalue weighted by Gasteiger charge is 2.43. The van der Waals surface area contributed by atoms with Crippen LogP contribution >= 0.6 is 11.8 Å². The Kier molecular flexibility index (Phi) is 2.35. The maximum Gasteiger partial charge on any atom is 0.182 e. The summed E-state index contributed by atoms with van der Waals surface area (Å²) < 4.78 is 6.43. The molecule has 0 aromatic heterocycles. The van der Waals surface area contributed by atoms with E-state index in [1.165, 1.54) is 32.4 Å². The third-order valence-corrected chi connectivity index (χ3v) is 5.76. The molecule has 5 rings (SSSR count). The minimum atomic E-state index is -0.320. The lowest BCUT2D eigenvalue weighted by atomic mass is 9.93. The van der Waals surface area contributed by atoms with Crippen LogP contribution in [0.15, 0.2) is 65.6 Å². The Morgan fingerprint density at radius 3 is 2.68 bits per heavy atom. The van der Waals surface area contributed by atoms with Crippen molar-refractivity contribution in [3.05, 3.63) is 71.8 Å². The minimum Gasteiger partial charge on any atom is -0.471 e. The van der Waals surface area contributed by atoms with Crippen molar-refractivity contribution in [2.24, 2.45) is 0 Å². The van der Waals surface area contributed by atoms with Gasteiger partial charge >= 0.3 is 0 Å². The average molecular weight is 302 g/mol. The summed E-state index contributed by atoms with van der Waals surface area (Å²) in [6, 6.07) is 21.3. The Labute approximate surface area is 133 Å². The van der Waals surface area contributed by atoms with Crippen LogP contribution in [0.4, 0.5) is 0 Å². The molecule has 2 heterocycles. The summed E-state index contributed by atoms with van der Waals surface area (Å²) in [5.74, 6) is 0.977. The van der Waals surface area contributed by atoms with Gasteiger partial charge in [0.1, 0.15) is 5.75 Å². The number of thioether (sulfide) groups is 1. The van der Waals surface area contributed by atoms with Crippen molar-refractivity contribution in [1.82, 2.24) is 0 Å². The second-order valence-corrected chi connectivity index (χ2v) is 7.33. The van der Waals surface area contributed by atoms with Crippen molar-refractivity contribution in [3.63, 3.8) is 0 Å². The van der Waals surface area contributed by atoms with Crippen molar-refractivity contribution >= 4 is 34.2 Å². The summed E-state index contributed by atoms with van der Waals surface area (Å²) in [7, 11) is 0. The van der Waals surface area contributed by atoms with E-state index in [0.717, 1.165) is 5.75 Å². The molecule has 0 amide bonds. The molecule has 0 radical (unpaired) electrons. The number of ether oxygens (including phenoxy) is 1. The zero-order valence-corrected chi connectivity index (χ0v) is 13.0. The molecular weight excluding hydrogens is 288 g/mol. The summed E-state index contributed by atoms with van der Waals surface area (Å²) in [5.41, 5.74) is 3.77. The van der Waals surface area contributed by atoms with E-state index in [0.29, 0.717) is 0 Å². The molecule has 1 atom stereocenters. The monoisotopic (exact) mass is 302 g/mol. The van der Waals surface area contributed by atoms with Crippen LogP contribution in [-0.2, 0) is 0 Å². The van der Waals surface area contributed by atoms with Gasteiger partial charge in [-0.05, 0) is 41.5 Å². The molecule has 2 heteroatoms. The zero-order chi connectivity index (χ0) is 14.7. The number of hydrogen-bond donors (Lipinski definition) is 0. The van der Waals surface area contributed by atoms with Crippen LogP contribution in [0, 0.1) is 0 Å². The maximum absolute atomic E-state index is 6.43.